The highest BCUT2D eigenvalue weighted by atomic mass is 79.9. The number of halogens is 1. The molecule has 4 bridgehead atoms. The fraction of sp³-hybridized carbons (Fsp3) is 0.611. The summed E-state index contributed by atoms with van der Waals surface area (Å²) >= 11 is 0. The van der Waals surface area contributed by atoms with Crippen molar-refractivity contribution in [2.24, 2.45) is 11.8 Å². The zero-order chi connectivity index (χ0) is 14.8. The van der Waals surface area contributed by atoms with E-state index < -0.39 is 5.97 Å². The Kier molecular flexibility index (Phi) is 3.89. The Morgan fingerprint density at radius 2 is 2.09 bits per heavy atom. The van der Waals surface area contributed by atoms with Crippen molar-refractivity contribution in [3.05, 3.63) is 35.4 Å². The molecule has 1 aromatic carbocycles. The molecule has 5 unspecified atom stereocenters. The number of hydrogen-bond acceptors (Lipinski definition) is 2. The second kappa shape index (κ2) is 5.34. The minimum absolute atomic E-state index is 0. The number of piperidine rings is 2. The van der Waals surface area contributed by atoms with Gasteiger partial charge in [0.15, 0.2) is 0 Å². The summed E-state index contributed by atoms with van der Waals surface area (Å²) in [6, 6.07) is 9.58. The number of rotatable bonds is 2. The van der Waals surface area contributed by atoms with Crippen LogP contribution < -0.4 is 0 Å². The molecule has 1 saturated carbocycles. The summed E-state index contributed by atoms with van der Waals surface area (Å²) in [6.45, 7) is 2.29. The number of aliphatic carboxylic acids is 1. The summed E-state index contributed by atoms with van der Waals surface area (Å²) in [5, 5.41) is 9.57. The van der Waals surface area contributed by atoms with Crippen LogP contribution in [0.15, 0.2) is 24.3 Å². The Labute approximate surface area is 142 Å². The second-order valence-electron chi connectivity index (χ2n) is 7.16. The zero-order valence-corrected chi connectivity index (χ0v) is 14.9. The molecule has 1 aromatic rings. The maximum Gasteiger partial charge on any atom is 0.308 e. The molecule has 2 aliphatic carbocycles. The van der Waals surface area contributed by atoms with Crippen LogP contribution in [0.3, 0.4) is 0 Å². The molecule has 3 nitrogen and oxygen atoms in total. The quantitative estimate of drug-likeness (QED) is 0.874. The van der Waals surface area contributed by atoms with Crippen molar-refractivity contribution in [1.29, 1.82) is 0 Å². The van der Waals surface area contributed by atoms with Crippen molar-refractivity contribution >= 4 is 23.0 Å². The van der Waals surface area contributed by atoms with E-state index in [0.29, 0.717) is 12.0 Å². The van der Waals surface area contributed by atoms with Crippen LogP contribution in [0.5, 0.6) is 0 Å². The number of carboxylic acid groups (broad SMARTS) is 1. The van der Waals surface area contributed by atoms with Crippen LogP contribution in [0.2, 0.25) is 0 Å². The number of benzene rings is 1. The van der Waals surface area contributed by atoms with E-state index in [2.05, 4.69) is 43.1 Å². The van der Waals surface area contributed by atoms with Crippen LogP contribution in [-0.2, 0) is 16.6 Å². The zero-order valence-electron chi connectivity index (χ0n) is 13.2. The highest BCUT2D eigenvalue weighted by Gasteiger charge is 2.61. The summed E-state index contributed by atoms with van der Waals surface area (Å²) < 4.78 is 0. The van der Waals surface area contributed by atoms with Gasteiger partial charge in [0.05, 0.1) is 5.92 Å². The Hall–Kier alpha value is -0.870. The molecule has 3 fully saturated rings. The summed E-state index contributed by atoms with van der Waals surface area (Å²) in [7, 11) is 2.14. The van der Waals surface area contributed by atoms with Gasteiger partial charge in [0, 0.05) is 17.5 Å². The Balaban J connectivity index is 0.00000144. The normalized spacial score (nSPS) is 39.0. The number of carbonyl (C=O) groups is 1. The van der Waals surface area contributed by atoms with Gasteiger partial charge in [0.25, 0.3) is 0 Å². The predicted molar refractivity (Wildman–Crippen MR) is 91.6 cm³/mol. The number of likely N-dealkylation sites (N-methyl/N-ethyl adjacent to an activating group) is 1. The van der Waals surface area contributed by atoms with Crippen molar-refractivity contribution in [2.45, 2.75) is 50.1 Å². The third-order valence-corrected chi connectivity index (χ3v) is 6.70. The van der Waals surface area contributed by atoms with Crippen molar-refractivity contribution in [2.75, 3.05) is 7.05 Å². The van der Waals surface area contributed by atoms with Gasteiger partial charge in [-0.2, -0.15) is 0 Å². The van der Waals surface area contributed by atoms with Crippen LogP contribution in [0.4, 0.5) is 0 Å². The second-order valence-corrected chi connectivity index (χ2v) is 7.16. The van der Waals surface area contributed by atoms with Crippen molar-refractivity contribution in [3.8, 4) is 0 Å². The molecule has 2 heterocycles. The molecule has 0 amide bonds. The average Bonchev–Trinajstić information content (AvgIpc) is 2.50. The standard InChI is InChI=1S/C18H23NO2.BrH/c1-3-18-10-16-12(17(20)21)9-14(18)15(19(16)2)8-11-6-4-5-7-13(11)18;/h4-7,12,14-16H,3,8-10H2,1-2H3,(H,20,21);1H. The van der Waals surface area contributed by atoms with Gasteiger partial charge in [0.2, 0.25) is 0 Å². The lowest BCUT2D eigenvalue weighted by Gasteiger charge is -2.64. The highest BCUT2D eigenvalue weighted by Crippen LogP contribution is 2.59. The lowest BCUT2D eigenvalue weighted by Crippen LogP contribution is -2.69. The Morgan fingerprint density at radius 3 is 2.77 bits per heavy atom. The Morgan fingerprint density at radius 1 is 1.36 bits per heavy atom. The van der Waals surface area contributed by atoms with Crippen molar-refractivity contribution in [3.63, 3.8) is 0 Å². The fourth-order valence-electron chi connectivity index (χ4n) is 5.67. The molecule has 5 atom stereocenters. The van der Waals surface area contributed by atoms with Crippen LogP contribution in [-0.4, -0.2) is 35.1 Å². The first-order valence-electron chi connectivity index (χ1n) is 8.11. The maximum absolute atomic E-state index is 11.6. The van der Waals surface area contributed by atoms with E-state index in [1.54, 1.807) is 0 Å². The molecule has 2 saturated heterocycles. The number of nitrogens with zero attached hydrogens (tertiary/aromatic N) is 1. The molecule has 4 heteroatoms. The topological polar surface area (TPSA) is 40.5 Å². The average molecular weight is 366 g/mol. The van der Waals surface area contributed by atoms with E-state index in [4.69, 9.17) is 0 Å². The lowest BCUT2D eigenvalue weighted by molar-refractivity contribution is -0.159. The third kappa shape index (κ3) is 1.86. The van der Waals surface area contributed by atoms with Crippen molar-refractivity contribution < 1.29 is 9.90 Å². The summed E-state index contributed by atoms with van der Waals surface area (Å²) in [5.41, 5.74) is 3.21. The number of hydrogen-bond donors (Lipinski definition) is 1. The van der Waals surface area contributed by atoms with Crippen molar-refractivity contribution in [1.82, 2.24) is 4.90 Å². The largest absolute Gasteiger partial charge is 0.481 e. The van der Waals surface area contributed by atoms with E-state index in [1.165, 1.54) is 11.1 Å². The molecule has 0 aromatic heterocycles. The first-order chi connectivity index (χ1) is 10.1. The van der Waals surface area contributed by atoms with Gasteiger partial charge in [-0.25, -0.2) is 0 Å². The van der Waals surface area contributed by atoms with E-state index in [-0.39, 0.29) is 34.4 Å². The van der Waals surface area contributed by atoms with Gasteiger partial charge < -0.3 is 5.11 Å². The van der Waals surface area contributed by atoms with E-state index in [9.17, 15) is 9.90 Å². The summed E-state index contributed by atoms with van der Waals surface area (Å²) in [6.07, 6.45) is 4.08. The number of carboxylic acids is 1. The lowest BCUT2D eigenvalue weighted by atomic mass is 9.48. The van der Waals surface area contributed by atoms with Crippen LogP contribution in [0.1, 0.15) is 37.3 Å². The summed E-state index contributed by atoms with van der Waals surface area (Å²) in [4.78, 5) is 14.0. The maximum atomic E-state index is 11.6. The molecule has 120 valence electrons. The van der Waals surface area contributed by atoms with E-state index in [1.807, 2.05) is 0 Å². The predicted octanol–water partition coefficient (Wildman–Crippen LogP) is 3.26. The van der Waals surface area contributed by atoms with Crippen LogP contribution >= 0.6 is 17.0 Å². The van der Waals surface area contributed by atoms with Gasteiger partial charge >= 0.3 is 5.97 Å². The smallest absolute Gasteiger partial charge is 0.308 e. The van der Waals surface area contributed by atoms with Gasteiger partial charge in [0.1, 0.15) is 0 Å². The first-order valence-corrected chi connectivity index (χ1v) is 8.11. The molecule has 0 radical (unpaired) electrons. The molecule has 5 rings (SSSR count). The van der Waals surface area contributed by atoms with Gasteiger partial charge in [-0.15, -0.1) is 17.0 Å². The SMILES string of the molecule is Br.CCC12CC3C(C(=O)O)CC1C(Cc1ccccc12)N3C. The third-order valence-electron chi connectivity index (χ3n) is 6.70. The molecule has 4 aliphatic rings. The summed E-state index contributed by atoms with van der Waals surface area (Å²) in [5.74, 6) is -0.288. The van der Waals surface area contributed by atoms with E-state index >= 15 is 0 Å². The molecular formula is C18H24BrNO2. The van der Waals surface area contributed by atoms with Gasteiger partial charge in [-0.05, 0) is 49.8 Å². The molecular weight excluding hydrogens is 342 g/mol. The number of fused-ring (bicyclic) bond motifs is 2. The van der Waals surface area contributed by atoms with Gasteiger partial charge in [-0.3, -0.25) is 9.69 Å². The van der Waals surface area contributed by atoms with Gasteiger partial charge in [-0.1, -0.05) is 31.2 Å². The molecule has 22 heavy (non-hydrogen) atoms. The first kappa shape index (κ1) is 16.0. The van der Waals surface area contributed by atoms with E-state index in [0.717, 1.165) is 25.7 Å². The minimum atomic E-state index is -0.603. The van der Waals surface area contributed by atoms with Crippen LogP contribution in [0.25, 0.3) is 0 Å². The fourth-order valence-corrected chi connectivity index (χ4v) is 5.67. The van der Waals surface area contributed by atoms with Crippen LogP contribution in [0, 0.1) is 11.8 Å². The highest BCUT2D eigenvalue weighted by molar-refractivity contribution is 8.93. The Bertz CT molecular complexity index is 605. The molecule has 2 aliphatic heterocycles. The molecule has 1 N–H and O–H groups in total. The minimum Gasteiger partial charge on any atom is -0.481 e. The monoisotopic (exact) mass is 365 g/mol. The molecule has 0 spiro atoms.